The lowest BCUT2D eigenvalue weighted by Gasteiger charge is -2.21. The molecule has 1 aromatic carbocycles. The van der Waals surface area contributed by atoms with E-state index in [0.717, 1.165) is 32.1 Å². The number of para-hydroxylation sites is 2. The van der Waals surface area contributed by atoms with Gasteiger partial charge in [0.15, 0.2) is 0 Å². The van der Waals surface area contributed by atoms with Crippen LogP contribution in [0, 0.1) is 0 Å². The van der Waals surface area contributed by atoms with Crippen molar-refractivity contribution in [2.75, 3.05) is 32.1 Å². The van der Waals surface area contributed by atoms with Gasteiger partial charge in [0, 0.05) is 6.04 Å². The van der Waals surface area contributed by atoms with Crippen molar-refractivity contribution in [3.8, 4) is 5.75 Å². The van der Waals surface area contributed by atoms with E-state index >= 15 is 0 Å². The predicted molar refractivity (Wildman–Crippen MR) is 107 cm³/mol. The molecule has 4 amide bonds. The van der Waals surface area contributed by atoms with Crippen molar-refractivity contribution in [2.45, 2.75) is 45.1 Å². The number of hydrogen-bond acceptors (Lipinski definition) is 5. The number of amides is 4. The second-order valence-corrected chi connectivity index (χ2v) is 6.96. The van der Waals surface area contributed by atoms with Gasteiger partial charge in [-0.05, 0) is 37.9 Å². The highest BCUT2D eigenvalue weighted by atomic mass is 16.5. The van der Waals surface area contributed by atoms with E-state index in [0.29, 0.717) is 18.0 Å². The third-order valence-electron chi connectivity index (χ3n) is 4.60. The van der Waals surface area contributed by atoms with Crippen molar-refractivity contribution in [1.82, 2.24) is 15.5 Å². The van der Waals surface area contributed by atoms with Crippen molar-refractivity contribution in [2.24, 2.45) is 0 Å². The molecule has 0 atom stereocenters. The summed E-state index contributed by atoms with van der Waals surface area (Å²) in [5.41, 5.74) is 0.576. The van der Waals surface area contributed by atoms with Crippen LogP contribution in [0.1, 0.15) is 39.0 Å². The Kier molecular flexibility index (Phi) is 8.74. The molecule has 1 fully saturated rings. The van der Waals surface area contributed by atoms with E-state index < -0.39 is 11.9 Å². The molecule has 1 aliphatic carbocycles. The summed E-state index contributed by atoms with van der Waals surface area (Å²) in [4.78, 5) is 38.2. The zero-order valence-electron chi connectivity index (χ0n) is 16.6. The van der Waals surface area contributed by atoms with Crippen molar-refractivity contribution in [3.05, 3.63) is 24.3 Å². The quantitative estimate of drug-likeness (QED) is 0.600. The van der Waals surface area contributed by atoms with Crippen molar-refractivity contribution in [3.63, 3.8) is 0 Å². The van der Waals surface area contributed by atoms with Crippen LogP contribution in [0.3, 0.4) is 0 Å². The Morgan fingerprint density at radius 1 is 1.11 bits per heavy atom. The number of benzene rings is 1. The average molecular weight is 390 g/mol. The minimum atomic E-state index is -0.466. The molecule has 28 heavy (non-hydrogen) atoms. The SMILES string of the molecule is CCCN(CC(=O)NC(=O)NC1CCCC1)CC(=O)Nc1ccccc1OC. The topological polar surface area (TPSA) is 99.8 Å². The predicted octanol–water partition coefficient (Wildman–Crippen LogP) is 2.11. The maximum atomic E-state index is 12.4. The number of hydrogen-bond donors (Lipinski definition) is 3. The minimum absolute atomic E-state index is 0.0225. The van der Waals surface area contributed by atoms with Gasteiger partial charge >= 0.3 is 6.03 Å². The molecule has 0 bridgehead atoms. The molecule has 154 valence electrons. The maximum absolute atomic E-state index is 12.4. The second-order valence-electron chi connectivity index (χ2n) is 6.96. The molecule has 0 aromatic heterocycles. The third-order valence-corrected chi connectivity index (χ3v) is 4.60. The number of imide groups is 1. The Morgan fingerprint density at radius 2 is 1.79 bits per heavy atom. The molecule has 1 aliphatic rings. The van der Waals surface area contributed by atoms with Crippen LogP contribution in [0.5, 0.6) is 5.75 Å². The largest absolute Gasteiger partial charge is 0.495 e. The van der Waals surface area contributed by atoms with Gasteiger partial charge in [-0.15, -0.1) is 0 Å². The van der Waals surface area contributed by atoms with Crippen LogP contribution < -0.4 is 20.7 Å². The minimum Gasteiger partial charge on any atom is -0.495 e. The highest BCUT2D eigenvalue weighted by Crippen LogP contribution is 2.22. The summed E-state index contributed by atoms with van der Waals surface area (Å²) < 4.78 is 5.22. The lowest BCUT2D eigenvalue weighted by molar-refractivity contribution is -0.122. The maximum Gasteiger partial charge on any atom is 0.321 e. The van der Waals surface area contributed by atoms with E-state index in [-0.39, 0.29) is 25.0 Å². The number of nitrogens with one attached hydrogen (secondary N) is 3. The van der Waals surface area contributed by atoms with Crippen molar-refractivity contribution in [1.29, 1.82) is 0 Å². The Balaban J connectivity index is 1.83. The number of methoxy groups -OCH3 is 1. The summed E-state index contributed by atoms with van der Waals surface area (Å²) in [6, 6.07) is 6.81. The van der Waals surface area contributed by atoms with E-state index in [1.54, 1.807) is 23.1 Å². The first-order chi connectivity index (χ1) is 13.5. The van der Waals surface area contributed by atoms with Crippen LogP contribution >= 0.6 is 0 Å². The molecule has 2 rings (SSSR count). The summed E-state index contributed by atoms with van der Waals surface area (Å²) in [5.74, 6) is -0.102. The Morgan fingerprint density at radius 3 is 2.46 bits per heavy atom. The number of rotatable bonds is 9. The van der Waals surface area contributed by atoms with Crippen LogP contribution in [0.4, 0.5) is 10.5 Å². The molecular weight excluding hydrogens is 360 g/mol. The zero-order chi connectivity index (χ0) is 20.4. The van der Waals surface area contributed by atoms with Gasteiger partial charge in [-0.25, -0.2) is 4.79 Å². The molecular formula is C20H30N4O4. The Bertz CT molecular complexity index is 674. The highest BCUT2D eigenvalue weighted by molar-refractivity contribution is 5.96. The lowest BCUT2D eigenvalue weighted by atomic mass is 10.2. The molecule has 8 nitrogen and oxygen atoms in total. The molecule has 0 saturated heterocycles. The van der Waals surface area contributed by atoms with Crippen LogP contribution in [-0.4, -0.2) is 55.5 Å². The fourth-order valence-corrected chi connectivity index (χ4v) is 3.33. The van der Waals surface area contributed by atoms with E-state index in [1.165, 1.54) is 7.11 Å². The fourth-order valence-electron chi connectivity index (χ4n) is 3.33. The van der Waals surface area contributed by atoms with Gasteiger partial charge in [0.2, 0.25) is 11.8 Å². The van der Waals surface area contributed by atoms with Crippen LogP contribution in [0.2, 0.25) is 0 Å². The molecule has 0 spiro atoms. The summed E-state index contributed by atoms with van der Waals surface area (Å²) in [5, 5.41) is 7.97. The molecule has 8 heteroatoms. The first-order valence-corrected chi connectivity index (χ1v) is 9.77. The van der Waals surface area contributed by atoms with Crippen molar-refractivity contribution < 1.29 is 19.1 Å². The van der Waals surface area contributed by atoms with E-state index in [1.807, 2.05) is 13.0 Å². The molecule has 0 heterocycles. The smallest absolute Gasteiger partial charge is 0.321 e. The van der Waals surface area contributed by atoms with Gasteiger partial charge in [-0.3, -0.25) is 19.8 Å². The normalized spacial score (nSPS) is 14.0. The van der Waals surface area contributed by atoms with Gasteiger partial charge < -0.3 is 15.4 Å². The summed E-state index contributed by atoms with van der Waals surface area (Å²) >= 11 is 0. The number of ether oxygens (including phenoxy) is 1. The molecule has 0 radical (unpaired) electrons. The Labute approximate surface area is 166 Å². The number of carbonyl (C=O) groups is 3. The van der Waals surface area contributed by atoms with Gasteiger partial charge in [-0.2, -0.15) is 0 Å². The fraction of sp³-hybridized carbons (Fsp3) is 0.550. The van der Waals surface area contributed by atoms with Crippen LogP contribution in [0.15, 0.2) is 24.3 Å². The molecule has 3 N–H and O–H groups in total. The van der Waals surface area contributed by atoms with Gasteiger partial charge in [0.25, 0.3) is 0 Å². The summed E-state index contributed by atoms with van der Waals surface area (Å²) in [6.07, 6.45) is 4.89. The van der Waals surface area contributed by atoms with E-state index in [9.17, 15) is 14.4 Å². The average Bonchev–Trinajstić information content (AvgIpc) is 3.14. The molecule has 1 aromatic rings. The standard InChI is InChI=1S/C20H30N4O4/c1-3-12-24(13-18(25)22-16-10-6-7-11-17(16)28-2)14-19(26)23-20(27)21-15-8-4-5-9-15/h6-7,10-11,15H,3-5,8-9,12-14H2,1-2H3,(H,22,25)(H2,21,23,26,27). The molecule has 0 unspecified atom stereocenters. The number of anilines is 1. The van der Waals surface area contributed by atoms with Gasteiger partial charge in [0.1, 0.15) is 5.75 Å². The second kappa shape index (κ2) is 11.3. The number of nitrogens with zero attached hydrogens (tertiary/aromatic N) is 1. The molecule has 1 saturated carbocycles. The van der Waals surface area contributed by atoms with Crippen molar-refractivity contribution >= 4 is 23.5 Å². The Hall–Kier alpha value is -2.61. The van der Waals surface area contributed by atoms with E-state index in [2.05, 4.69) is 16.0 Å². The summed E-state index contributed by atoms with van der Waals surface area (Å²) in [6.45, 7) is 2.56. The third kappa shape index (κ3) is 7.19. The van der Waals surface area contributed by atoms with E-state index in [4.69, 9.17) is 4.74 Å². The zero-order valence-corrected chi connectivity index (χ0v) is 16.6. The monoisotopic (exact) mass is 390 g/mol. The highest BCUT2D eigenvalue weighted by Gasteiger charge is 2.20. The molecule has 0 aliphatic heterocycles. The van der Waals surface area contributed by atoms with Crippen LogP contribution in [0.25, 0.3) is 0 Å². The van der Waals surface area contributed by atoms with Crippen LogP contribution in [-0.2, 0) is 9.59 Å². The van der Waals surface area contributed by atoms with Gasteiger partial charge in [-0.1, -0.05) is 31.9 Å². The number of carbonyl (C=O) groups excluding carboxylic acids is 3. The first kappa shape index (κ1) is 21.7. The van der Waals surface area contributed by atoms with Gasteiger partial charge in [0.05, 0.1) is 25.9 Å². The number of urea groups is 1. The first-order valence-electron chi connectivity index (χ1n) is 9.77. The summed E-state index contributed by atoms with van der Waals surface area (Å²) in [7, 11) is 1.54. The lowest BCUT2D eigenvalue weighted by Crippen LogP contribution is -2.48.